The fraction of sp³-hybridized carbons (Fsp3) is 0.625. The SMILES string of the molecule is Cc1cc(N)ccc1CN1CCN(S(=O)(=O)C2CC2)C[C@@H]1C. The Morgan fingerprint density at radius 1 is 1.27 bits per heavy atom. The first-order valence-electron chi connectivity index (χ1n) is 7.96. The maximum atomic E-state index is 12.3. The quantitative estimate of drug-likeness (QED) is 0.854. The fourth-order valence-electron chi connectivity index (χ4n) is 3.12. The average Bonchev–Trinajstić information content (AvgIpc) is 3.28. The van der Waals surface area contributed by atoms with Crippen molar-refractivity contribution in [3.05, 3.63) is 29.3 Å². The van der Waals surface area contributed by atoms with Crippen LogP contribution < -0.4 is 5.73 Å². The fourth-order valence-corrected chi connectivity index (χ4v) is 5.03. The minimum absolute atomic E-state index is 0.106. The van der Waals surface area contributed by atoms with Crippen molar-refractivity contribution in [1.29, 1.82) is 0 Å². The van der Waals surface area contributed by atoms with Gasteiger partial charge in [-0.15, -0.1) is 0 Å². The van der Waals surface area contributed by atoms with Crippen molar-refractivity contribution in [3.63, 3.8) is 0 Å². The first-order valence-corrected chi connectivity index (χ1v) is 9.46. The van der Waals surface area contributed by atoms with Crippen molar-refractivity contribution in [3.8, 4) is 0 Å². The summed E-state index contributed by atoms with van der Waals surface area (Å²) in [6, 6.07) is 6.23. The predicted molar refractivity (Wildman–Crippen MR) is 89.0 cm³/mol. The van der Waals surface area contributed by atoms with E-state index in [-0.39, 0.29) is 11.3 Å². The standard InChI is InChI=1S/C16H25N3O2S/c1-12-9-15(17)4-3-14(12)11-18-7-8-19(10-13(18)2)22(20,21)16-5-6-16/h3-4,9,13,16H,5-8,10-11,17H2,1-2H3/t13-/m0/s1. The van der Waals surface area contributed by atoms with Gasteiger partial charge in [0.05, 0.1) is 5.25 Å². The zero-order valence-electron chi connectivity index (χ0n) is 13.3. The molecule has 2 aliphatic rings. The summed E-state index contributed by atoms with van der Waals surface area (Å²) in [6.45, 7) is 7.04. The third kappa shape index (κ3) is 3.14. The summed E-state index contributed by atoms with van der Waals surface area (Å²) in [7, 11) is -3.04. The van der Waals surface area contributed by atoms with Crippen LogP contribution in [0.5, 0.6) is 0 Å². The van der Waals surface area contributed by atoms with E-state index in [1.807, 2.05) is 12.1 Å². The lowest BCUT2D eigenvalue weighted by Gasteiger charge is -2.39. The lowest BCUT2D eigenvalue weighted by Crippen LogP contribution is -2.53. The Morgan fingerprint density at radius 2 is 2.00 bits per heavy atom. The van der Waals surface area contributed by atoms with E-state index in [1.165, 1.54) is 11.1 Å². The molecule has 22 heavy (non-hydrogen) atoms. The van der Waals surface area contributed by atoms with Crippen LogP contribution in [0.1, 0.15) is 30.9 Å². The molecule has 1 aliphatic heterocycles. The topological polar surface area (TPSA) is 66.6 Å². The highest BCUT2D eigenvalue weighted by Crippen LogP contribution is 2.32. The molecule has 0 aromatic heterocycles. The van der Waals surface area contributed by atoms with E-state index < -0.39 is 10.0 Å². The van der Waals surface area contributed by atoms with Gasteiger partial charge in [0.15, 0.2) is 0 Å². The van der Waals surface area contributed by atoms with Gasteiger partial charge in [-0.3, -0.25) is 4.90 Å². The lowest BCUT2D eigenvalue weighted by atomic mass is 10.1. The molecule has 5 nitrogen and oxygen atoms in total. The maximum absolute atomic E-state index is 12.3. The van der Waals surface area contributed by atoms with E-state index in [2.05, 4.69) is 24.8 Å². The predicted octanol–water partition coefficient (Wildman–Crippen LogP) is 1.58. The number of nitrogens with zero attached hydrogens (tertiary/aromatic N) is 2. The van der Waals surface area contributed by atoms with Crippen LogP contribution in [0.2, 0.25) is 0 Å². The van der Waals surface area contributed by atoms with E-state index in [0.29, 0.717) is 13.1 Å². The number of hydrogen-bond donors (Lipinski definition) is 1. The first-order chi connectivity index (χ1) is 10.4. The summed E-state index contributed by atoms with van der Waals surface area (Å²) in [4.78, 5) is 2.36. The minimum Gasteiger partial charge on any atom is -0.399 e. The van der Waals surface area contributed by atoms with Crippen LogP contribution in [0.25, 0.3) is 0 Å². The first kappa shape index (κ1) is 15.8. The normalized spacial score (nSPS) is 24.5. The minimum atomic E-state index is -3.04. The molecule has 0 radical (unpaired) electrons. The van der Waals surface area contributed by atoms with Crippen molar-refractivity contribution in [2.24, 2.45) is 0 Å². The molecule has 6 heteroatoms. The average molecular weight is 323 g/mol. The Bertz CT molecular complexity index is 655. The second kappa shape index (κ2) is 5.83. The number of anilines is 1. The Labute approximate surface area is 133 Å². The number of piperazine rings is 1. The molecule has 1 saturated carbocycles. The molecule has 1 heterocycles. The molecular weight excluding hydrogens is 298 g/mol. The molecule has 2 N–H and O–H groups in total. The molecule has 1 saturated heterocycles. The number of sulfonamides is 1. The molecule has 0 bridgehead atoms. The molecule has 0 spiro atoms. The molecule has 122 valence electrons. The van der Waals surface area contributed by atoms with Crippen molar-refractivity contribution in [1.82, 2.24) is 9.21 Å². The molecular formula is C16H25N3O2S. The number of aryl methyl sites for hydroxylation is 1. The highest BCUT2D eigenvalue weighted by Gasteiger charge is 2.42. The van der Waals surface area contributed by atoms with Crippen LogP contribution in [0.3, 0.4) is 0 Å². The van der Waals surface area contributed by atoms with Crippen LogP contribution in [0.4, 0.5) is 5.69 Å². The van der Waals surface area contributed by atoms with Crippen molar-refractivity contribution in [2.75, 3.05) is 25.4 Å². The van der Waals surface area contributed by atoms with Gasteiger partial charge >= 0.3 is 0 Å². The van der Waals surface area contributed by atoms with Crippen LogP contribution in [0.15, 0.2) is 18.2 Å². The van der Waals surface area contributed by atoms with Gasteiger partial charge in [0.1, 0.15) is 0 Å². The third-order valence-corrected chi connectivity index (χ3v) is 7.14. The Hall–Kier alpha value is -1.11. The van der Waals surface area contributed by atoms with Gasteiger partial charge in [0.2, 0.25) is 10.0 Å². The van der Waals surface area contributed by atoms with Gasteiger partial charge in [-0.2, -0.15) is 4.31 Å². The molecule has 3 rings (SSSR count). The van der Waals surface area contributed by atoms with Crippen molar-refractivity contribution >= 4 is 15.7 Å². The maximum Gasteiger partial charge on any atom is 0.217 e. The monoisotopic (exact) mass is 323 g/mol. The summed E-state index contributed by atoms with van der Waals surface area (Å²) in [6.07, 6.45) is 1.67. The van der Waals surface area contributed by atoms with Crippen molar-refractivity contribution < 1.29 is 8.42 Å². The van der Waals surface area contributed by atoms with Gasteiger partial charge in [-0.1, -0.05) is 6.07 Å². The van der Waals surface area contributed by atoms with Gasteiger partial charge in [-0.25, -0.2) is 8.42 Å². The van der Waals surface area contributed by atoms with Gasteiger partial charge in [0, 0.05) is 37.9 Å². The summed E-state index contributed by atoms with van der Waals surface area (Å²) >= 11 is 0. The van der Waals surface area contributed by atoms with Gasteiger partial charge < -0.3 is 5.73 Å². The van der Waals surface area contributed by atoms with E-state index in [0.717, 1.165) is 31.6 Å². The molecule has 2 fully saturated rings. The molecule has 0 amide bonds. The zero-order chi connectivity index (χ0) is 15.9. The number of nitrogens with two attached hydrogens (primary N) is 1. The molecule has 1 atom stereocenters. The largest absolute Gasteiger partial charge is 0.399 e. The molecule has 1 aromatic carbocycles. The van der Waals surface area contributed by atoms with Crippen LogP contribution >= 0.6 is 0 Å². The lowest BCUT2D eigenvalue weighted by molar-refractivity contribution is 0.121. The number of benzene rings is 1. The van der Waals surface area contributed by atoms with E-state index in [1.54, 1.807) is 4.31 Å². The smallest absolute Gasteiger partial charge is 0.217 e. The van der Waals surface area contributed by atoms with E-state index in [9.17, 15) is 8.42 Å². The van der Waals surface area contributed by atoms with E-state index >= 15 is 0 Å². The highest BCUT2D eigenvalue weighted by atomic mass is 32.2. The Morgan fingerprint density at radius 3 is 2.59 bits per heavy atom. The van der Waals surface area contributed by atoms with E-state index in [4.69, 9.17) is 5.73 Å². The molecule has 0 unspecified atom stereocenters. The number of rotatable bonds is 4. The Kier molecular flexibility index (Phi) is 4.18. The summed E-state index contributed by atoms with van der Waals surface area (Å²) in [5.41, 5.74) is 9.05. The van der Waals surface area contributed by atoms with Crippen molar-refractivity contribution in [2.45, 2.75) is 44.5 Å². The van der Waals surface area contributed by atoms with Gasteiger partial charge in [-0.05, 0) is 49.9 Å². The number of nitrogen functional groups attached to an aromatic ring is 1. The van der Waals surface area contributed by atoms with Crippen LogP contribution in [-0.4, -0.2) is 48.5 Å². The summed E-state index contributed by atoms with van der Waals surface area (Å²) < 4.78 is 26.4. The van der Waals surface area contributed by atoms with Crippen LogP contribution in [-0.2, 0) is 16.6 Å². The zero-order valence-corrected chi connectivity index (χ0v) is 14.1. The number of hydrogen-bond acceptors (Lipinski definition) is 4. The second-order valence-electron chi connectivity index (χ2n) is 6.61. The van der Waals surface area contributed by atoms with Gasteiger partial charge in [0.25, 0.3) is 0 Å². The molecule has 1 aliphatic carbocycles. The molecule has 1 aromatic rings. The second-order valence-corrected chi connectivity index (χ2v) is 8.82. The summed E-state index contributed by atoms with van der Waals surface area (Å²) in [5, 5.41) is -0.106. The van der Waals surface area contributed by atoms with Crippen LogP contribution in [0, 0.1) is 6.92 Å². The summed E-state index contributed by atoms with van der Waals surface area (Å²) in [5.74, 6) is 0. The third-order valence-electron chi connectivity index (χ3n) is 4.77. The Balaban J connectivity index is 1.65. The highest BCUT2D eigenvalue weighted by molar-refractivity contribution is 7.90.